The molecule has 3 N–H and O–H groups in total. The Morgan fingerprint density at radius 1 is 1.22 bits per heavy atom. The predicted octanol–water partition coefficient (Wildman–Crippen LogP) is 3.31. The lowest BCUT2D eigenvalue weighted by Crippen LogP contribution is -2.48. The predicted molar refractivity (Wildman–Crippen MR) is 123 cm³/mol. The van der Waals surface area contributed by atoms with Crippen LogP contribution in [0, 0.1) is 5.92 Å². The summed E-state index contributed by atoms with van der Waals surface area (Å²) in [6, 6.07) is 7.94. The topological polar surface area (TPSA) is 74.8 Å². The second-order valence-electron chi connectivity index (χ2n) is 7.70. The number of amides is 1. The Labute approximate surface area is 181 Å². The van der Waals surface area contributed by atoms with E-state index < -0.39 is 0 Å². The van der Waals surface area contributed by atoms with Crippen molar-refractivity contribution in [1.82, 2.24) is 16.0 Å². The van der Waals surface area contributed by atoms with E-state index in [1.54, 1.807) is 0 Å². The monoisotopic (exact) mass is 490 g/mol. The molecule has 0 aliphatic rings. The number of hydrogen-bond donors (Lipinski definition) is 3. The third-order valence-corrected chi connectivity index (χ3v) is 3.18. The zero-order chi connectivity index (χ0) is 19.6. The van der Waals surface area contributed by atoms with E-state index in [-0.39, 0.29) is 42.0 Å². The van der Waals surface area contributed by atoms with Gasteiger partial charge in [0, 0.05) is 12.1 Å². The van der Waals surface area contributed by atoms with Crippen molar-refractivity contribution in [3.05, 3.63) is 29.8 Å². The van der Waals surface area contributed by atoms with Crippen LogP contribution in [0.4, 0.5) is 0 Å². The highest BCUT2D eigenvalue weighted by molar-refractivity contribution is 14.0. The maximum absolute atomic E-state index is 11.9. The second-order valence-corrected chi connectivity index (χ2v) is 7.70. The fourth-order valence-electron chi connectivity index (χ4n) is 2.14. The third-order valence-electron chi connectivity index (χ3n) is 3.18. The fraction of sp³-hybridized carbons (Fsp3) is 0.600. The molecule has 27 heavy (non-hydrogen) atoms. The van der Waals surface area contributed by atoms with Crippen molar-refractivity contribution in [3.63, 3.8) is 0 Å². The highest BCUT2D eigenvalue weighted by Crippen LogP contribution is 2.15. The van der Waals surface area contributed by atoms with Gasteiger partial charge in [-0.25, -0.2) is 4.99 Å². The molecule has 1 aromatic rings. The molecule has 0 bridgehead atoms. The second kappa shape index (κ2) is 12.8. The van der Waals surface area contributed by atoms with Gasteiger partial charge in [-0.3, -0.25) is 4.79 Å². The van der Waals surface area contributed by atoms with Gasteiger partial charge in [0.1, 0.15) is 5.75 Å². The molecule has 1 rings (SSSR count). The van der Waals surface area contributed by atoms with Crippen LogP contribution in [-0.4, -0.2) is 37.1 Å². The number of carbonyl (C=O) groups excluding carboxylic acids is 1. The van der Waals surface area contributed by atoms with E-state index in [1.807, 2.05) is 52.0 Å². The Balaban J connectivity index is 0.00000676. The summed E-state index contributed by atoms with van der Waals surface area (Å²) >= 11 is 0. The van der Waals surface area contributed by atoms with Gasteiger partial charge in [0.05, 0.1) is 19.7 Å². The van der Waals surface area contributed by atoms with Gasteiger partial charge in [0.25, 0.3) is 0 Å². The van der Waals surface area contributed by atoms with E-state index in [0.29, 0.717) is 25.0 Å². The molecule has 0 saturated carbocycles. The molecule has 0 fully saturated rings. The first-order valence-electron chi connectivity index (χ1n) is 9.24. The molecule has 154 valence electrons. The van der Waals surface area contributed by atoms with Crippen LogP contribution < -0.4 is 20.7 Å². The van der Waals surface area contributed by atoms with E-state index in [1.165, 1.54) is 0 Å². The van der Waals surface area contributed by atoms with E-state index in [9.17, 15) is 4.79 Å². The summed E-state index contributed by atoms with van der Waals surface area (Å²) in [5, 5.41) is 9.14. The molecule has 6 nitrogen and oxygen atoms in total. The largest absolute Gasteiger partial charge is 0.493 e. The van der Waals surface area contributed by atoms with Gasteiger partial charge in [-0.05, 0) is 51.3 Å². The van der Waals surface area contributed by atoms with Gasteiger partial charge in [-0.1, -0.05) is 26.0 Å². The molecule has 0 aliphatic carbocycles. The average Bonchev–Trinajstić information content (AvgIpc) is 2.54. The molecular weight excluding hydrogens is 455 g/mol. The molecule has 7 heteroatoms. The molecule has 0 radical (unpaired) electrons. The van der Waals surface area contributed by atoms with Gasteiger partial charge in [-0.2, -0.15) is 0 Å². The molecule has 0 aromatic heterocycles. The summed E-state index contributed by atoms with van der Waals surface area (Å²) in [6.07, 6.45) is 0. The van der Waals surface area contributed by atoms with Gasteiger partial charge < -0.3 is 20.7 Å². The lowest BCUT2D eigenvalue weighted by molar-refractivity contribution is -0.121. The van der Waals surface area contributed by atoms with E-state index >= 15 is 0 Å². The van der Waals surface area contributed by atoms with Crippen LogP contribution in [0.2, 0.25) is 0 Å². The van der Waals surface area contributed by atoms with Crippen LogP contribution >= 0.6 is 24.0 Å². The van der Waals surface area contributed by atoms with Gasteiger partial charge in [0.2, 0.25) is 5.91 Å². The van der Waals surface area contributed by atoms with Gasteiger partial charge in [0.15, 0.2) is 5.96 Å². The van der Waals surface area contributed by atoms with Crippen LogP contribution in [0.3, 0.4) is 0 Å². The number of halogens is 1. The van der Waals surface area contributed by atoms with Crippen LogP contribution in [0.25, 0.3) is 0 Å². The van der Waals surface area contributed by atoms with Crippen LogP contribution in [0.5, 0.6) is 5.75 Å². The minimum atomic E-state index is -0.245. The minimum Gasteiger partial charge on any atom is -0.493 e. The van der Waals surface area contributed by atoms with Crippen molar-refractivity contribution >= 4 is 35.8 Å². The third kappa shape index (κ3) is 12.5. The zero-order valence-corrected chi connectivity index (χ0v) is 19.7. The van der Waals surface area contributed by atoms with E-state index in [2.05, 4.69) is 34.8 Å². The summed E-state index contributed by atoms with van der Waals surface area (Å²) in [5.74, 6) is 1.90. The number of ether oxygens (including phenoxy) is 1. The highest BCUT2D eigenvalue weighted by Gasteiger charge is 2.13. The van der Waals surface area contributed by atoms with Crippen molar-refractivity contribution < 1.29 is 9.53 Å². The summed E-state index contributed by atoms with van der Waals surface area (Å²) < 4.78 is 5.76. The van der Waals surface area contributed by atoms with Crippen LogP contribution in [0.15, 0.2) is 29.3 Å². The normalized spacial score (nSPS) is 11.6. The van der Waals surface area contributed by atoms with E-state index in [4.69, 9.17) is 4.74 Å². The first-order valence-corrected chi connectivity index (χ1v) is 9.24. The maximum Gasteiger partial charge on any atom is 0.239 e. The Kier molecular flexibility index (Phi) is 12.1. The van der Waals surface area contributed by atoms with Crippen molar-refractivity contribution in [2.75, 3.05) is 19.7 Å². The smallest absolute Gasteiger partial charge is 0.239 e. The summed E-state index contributed by atoms with van der Waals surface area (Å²) in [7, 11) is 0. The number of benzene rings is 1. The van der Waals surface area contributed by atoms with Crippen molar-refractivity contribution in [1.29, 1.82) is 0 Å². The van der Waals surface area contributed by atoms with Crippen molar-refractivity contribution in [3.8, 4) is 5.75 Å². The fourth-order valence-corrected chi connectivity index (χ4v) is 2.14. The SMILES string of the molecule is CCNC(=NCc1cccc(OCC(C)C)c1)NCC(=O)NC(C)(C)C.I. The lowest BCUT2D eigenvalue weighted by Gasteiger charge is -2.21. The molecule has 0 unspecified atom stereocenters. The first-order chi connectivity index (χ1) is 12.2. The average molecular weight is 490 g/mol. The van der Waals surface area contributed by atoms with Gasteiger partial charge in [-0.15, -0.1) is 24.0 Å². The van der Waals surface area contributed by atoms with Crippen LogP contribution in [0.1, 0.15) is 47.1 Å². The molecule has 0 aliphatic heterocycles. The maximum atomic E-state index is 11.9. The van der Waals surface area contributed by atoms with Crippen molar-refractivity contribution in [2.45, 2.75) is 53.6 Å². The number of hydrogen-bond acceptors (Lipinski definition) is 3. The van der Waals surface area contributed by atoms with Crippen molar-refractivity contribution in [2.24, 2.45) is 10.9 Å². The molecule has 0 spiro atoms. The number of rotatable bonds is 8. The molecule has 1 aromatic carbocycles. The Morgan fingerprint density at radius 3 is 2.52 bits per heavy atom. The summed E-state index contributed by atoms with van der Waals surface area (Å²) in [4.78, 5) is 16.5. The standard InChI is InChI=1S/C20H34N4O2.HI/c1-7-21-19(23-13-18(25)24-20(4,5)6)22-12-16-9-8-10-17(11-16)26-14-15(2)3;/h8-11,15H,7,12-14H2,1-6H3,(H,24,25)(H2,21,22,23);1H. The van der Waals surface area contributed by atoms with E-state index in [0.717, 1.165) is 17.9 Å². The number of carbonyl (C=O) groups is 1. The number of aliphatic imine (C=N–C) groups is 1. The summed E-state index contributed by atoms with van der Waals surface area (Å²) in [5.41, 5.74) is 0.813. The molecule has 0 saturated heterocycles. The lowest BCUT2D eigenvalue weighted by atomic mass is 10.1. The molecule has 1 amide bonds. The zero-order valence-electron chi connectivity index (χ0n) is 17.4. The Morgan fingerprint density at radius 2 is 1.93 bits per heavy atom. The van der Waals surface area contributed by atoms with Gasteiger partial charge >= 0.3 is 0 Å². The number of guanidine groups is 1. The van der Waals surface area contributed by atoms with Crippen LogP contribution in [-0.2, 0) is 11.3 Å². The number of nitrogens with one attached hydrogen (secondary N) is 3. The minimum absolute atomic E-state index is 0. The Bertz CT molecular complexity index is 598. The number of nitrogens with zero attached hydrogens (tertiary/aromatic N) is 1. The first kappa shape index (κ1) is 25.5. The Hall–Kier alpha value is -1.51. The molecule has 0 atom stereocenters. The summed E-state index contributed by atoms with van der Waals surface area (Å²) in [6.45, 7) is 14.2. The molecular formula is C20H35IN4O2. The highest BCUT2D eigenvalue weighted by atomic mass is 127. The molecule has 0 heterocycles. The quantitative estimate of drug-likeness (QED) is 0.297.